The summed E-state index contributed by atoms with van der Waals surface area (Å²) in [6.45, 7) is 0. The average molecular weight is 217 g/mol. The highest BCUT2D eigenvalue weighted by Gasteiger charge is 2.12. The fourth-order valence-electron chi connectivity index (χ4n) is 1.43. The number of carbonyl (C=O) groups excluding carboxylic acids is 1. The van der Waals surface area contributed by atoms with Crippen molar-refractivity contribution in [3.8, 4) is 0 Å². The number of carbonyl (C=O) groups is 1. The van der Waals surface area contributed by atoms with Gasteiger partial charge in [0.1, 0.15) is 5.69 Å². The van der Waals surface area contributed by atoms with E-state index in [4.69, 9.17) is 5.73 Å². The van der Waals surface area contributed by atoms with Crippen LogP contribution in [0.25, 0.3) is 0 Å². The number of rotatable bonds is 3. The van der Waals surface area contributed by atoms with Crippen LogP contribution in [0.15, 0.2) is 24.9 Å². The van der Waals surface area contributed by atoms with E-state index in [0.717, 1.165) is 5.69 Å². The van der Waals surface area contributed by atoms with Gasteiger partial charge in [0.15, 0.2) is 0 Å². The number of amides is 1. The minimum atomic E-state index is -0.565. The average Bonchev–Trinajstić information content (AvgIpc) is 2.65. The summed E-state index contributed by atoms with van der Waals surface area (Å²) in [7, 11) is 1.88. The first kappa shape index (κ1) is 10.3. The second-order valence-electron chi connectivity index (χ2n) is 3.39. The van der Waals surface area contributed by atoms with Crippen LogP contribution < -0.4 is 5.73 Å². The molecule has 0 radical (unpaired) electrons. The molecule has 0 bridgehead atoms. The predicted octanol–water partition coefficient (Wildman–Crippen LogP) is -0.100. The van der Waals surface area contributed by atoms with Gasteiger partial charge in [-0.1, -0.05) is 0 Å². The Labute approximate surface area is 92.2 Å². The van der Waals surface area contributed by atoms with Gasteiger partial charge in [0.05, 0.1) is 12.0 Å². The number of imidazole rings is 1. The lowest BCUT2D eigenvalue weighted by Crippen LogP contribution is -2.17. The molecule has 0 aliphatic rings. The van der Waals surface area contributed by atoms with Gasteiger partial charge < -0.3 is 10.3 Å². The van der Waals surface area contributed by atoms with Crippen molar-refractivity contribution < 1.29 is 4.79 Å². The monoisotopic (exact) mass is 217 g/mol. The molecule has 82 valence electrons. The van der Waals surface area contributed by atoms with Gasteiger partial charge in [0.25, 0.3) is 5.91 Å². The smallest absolute Gasteiger partial charge is 0.269 e. The lowest BCUT2D eigenvalue weighted by molar-refractivity contribution is 0.0994. The third kappa shape index (κ3) is 1.90. The molecule has 0 spiro atoms. The third-order valence-electron chi connectivity index (χ3n) is 2.27. The summed E-state index contributed by atoms with van der Waals surface area (Å²) < 4.78 is 1.86. The fraction of sp³-hybridized carbons (Fsp3) is 0.200. The largest absolute Gasteiger partial charge is 0.364 e. The van der Waals surface area contributed by atoms with E-state index in [9.17, 15) is 4.79 Å². The van der Waals surface area contributed by atoms with Crippen LogP contribution in [0, 0.1) is 0 Å². The standard InChI is InChI=1S/C10H11N5O/c1-15-6-12-5-7(15)4-8-9(10(11)16)14-3-2-13-8/h2-3,5-6H,4H2,1H3,(H2,11,16). The van der Waals surface area contributed by atoms with Crippen molar-refractivity contribution >= 4 is 5.91 Å². The highest BCUT2D eigenvalue weighted by molar-refractivity contribution is 5.91. The Morgan fingerprint density at radius 1 is 1.44 bits per heavy atom. The number of primary amides is 1. The first-order chi connectivity index (χ1) is 7.68. The van der Waals surface area contributed by atoms with Crippen molar-refractivity contribution in [2.45, 2.75) is 6.42 Å². The predicted molar refractivity (Wildman–Crippen MR) is 56.6 cm³/mol. The zero-order valence-corrected chi connectivity index (χ0v) is 8.79. The molecule has 6 heteroatoms. The summed E-state index contributed by atoms with van der Waals surface area (Å²) in [5.41, 5.74) is 6.94. The van der Waals surface area contributed by atoms with Crippen LogP contribution in [0.3, 0.4) is 0 Å². The SMILES string of the molecule is Cn1cncc1Cc1nccnc1C(N)=O. The van der Waals surface area contributed by atoms with Crippen molar-refractivity contribution in [1.29, 1.82) is 0 Å². The van der Waals surface area contributed by atoms with Crippen molar-refractivity contribution in [2.24, 2.45) is 12.8 Å². The molecule has 2 heterocycles. The molecule has 2 aromatic rings. The lowest BCUT2D eigenvalue weighted by Gasteiger charge is -2.04. The van der Waals surface area contributed by atoms with Gasteiger partial charge in [-0.3, -0.25) is 9.78 Å². The second-order valence-corrected chi connectivity index (χ2v) is 3.39. The van der Waals surface area contributed by atoms with Gasteiger partial charge in [-0.2, -0.15) is 0 Å². The Balaban J connectivity index is 2.35. The zero-order chi connectivity index (χ0) is 11.5. The van der Waals surface area contributed by atoms with E-state index in [1.165, 1.54) is 12.4 Å². The first-order valence-electron chi connectivity index (χ1n) is 4.73. The third-order valence-corrected chi connectivity index (χ3v) is 2.27. The van der Waals surface area contributed by atoms with E-state index >= 15 is 0 Å². The van der Waals surface area contributed by atoms with Crippen LogP contribution in [0.4, 0.5) is 0 Å². The number of aryl methyl sites for hydroxylation is 1. The number of aromatic nitrogens is 4. The summed E-state index contributed by atoms with van der Waals surface area (Å²) in [4.78, 5) is 23.2. The fourth-order valence-corrected chi connectivity index (χ4v) is 1.43. The minimum Gasteiger partial charge on any atom is -0.364 e. The van der Waals surface area contributed by atoms with Crippen LogP contribution in [0.2, 0.25) is 0 Å². The second kappa shape index (κ2) is 4.09. The number of hydrogen-bond donors (Lipinski definition) is 1. The molecule has 2 rings (SSSR count). The van der Waals surface area contributed by atoms with Crippen molar-refractivity contribution in [3.05, 3.63) is 42.0 Å². The quantitative estimate of drug-likeness (QED) is 0.777. The molecule has 1 amide bonds. The van der Waals surface area contributed by atoms with E-state index < -0.39 is 5.91 Å². The lowest BCUT2D eigenvalue weighted by atomic mass is 10.2. The molecule has 0 saturated carbocycles. The van der Waals surface area contributed by atoms with Gasteiger partial charge in [0.2, 0.25) is 0 Å². The van der Waals surface area contributed by atoms with Gasteiger partial charge in [0, 0.05) is 37.8 Å². The number of nitrogens with two attached hydrogens (primary N) is 1. The van der Waals surface area contributed by atoms with Crippen LogP contribution >= 0.6 is 0 Å². The Kier molecular flexibility index (Phi) is 2.63. The molecular formula is C10H11N5O. The molecule has 2 aromatic heterocycles. The summed E-state index contributed by atoms with van der Waals surface area (Å²) in [5.74, 6) is -0.565. The van der Waals surface area contributed by atoms with Crippen molar-refractivity contribution in [3.63, 3.8) is 0 Å². The molecule has 16 heavy (non-hydrogen) atoms. The van der Waals surface area contributed by atoms with Crippen LogP contribution in [0.1, 0.15) is 21.9 Å². The normalized spacial score (nSPS) is 10.3. The Morgan fingerprint density at radius 3 is 2.81 bits per heavy atom. The summed E-state index contributed by atoms with van der Waals surface area (Å²) in [6.07, 6.45) is 6.89. The Morgan fingerprint density at radius 2 is 2.19 bits per heavy atom. The van der Waals surface area contributed by atoms with Crippen LogP contribution in [-0.4, -0.2) is 25.4 Å². The molecule has 0 atom stereocenters. The number of nitrogens with zero attached hydrogens (tertiary/aromatic N) is 4. The molecule has 0 saturated heterocycles. The molecule has 0 aromatic carbocycles. The van der Waals surface area contributed by atoms with E-state index in [2.05, 4.69) is 15.0 Å². The van der Waals surface area contributed by atoms with Crippen molar-refractivity contribution in [2.75, 3.05) is 0 Å². The topological polar surface area (TPSA) is 86.7 Å². The Hall–Kier alpha value is -2.24. The maximum atomic E-state index is 11.1. The highest BCUT2D eigenvalue weighted by atomic mass is 16.1. The summed E-state index contributed by atoms with van der Waals surface area (Å²) in [5, 5.41) is 0. The molecule has 6 nitrogen and oxygen atoms in total. The van der Waals surface area contributed by atoms with Crippen LogP contribution in [0.5, 0.6) is 0 Å². The summed E-state index contributed by atoms with van der Waals surface area (Å²) in [6, 6.07) is 0. The van der Waals surface area contributed by atoms with E-state index in [1.807, 2.05) is 11.6 Å². The molecule has 0 unspecified atom stereocenters. The van der Waals surface area contributed by atoms with Gasteiger partial charge in [-0.05, 0) is 0 Å². The van der Waals surface area contributed by atoms with Crippen molar-refractivity contribution in [1.82, 2.24) is 19.5 Å². The molecule has 0 fully saturated rings. The molecular weight excluding hydrogens is 206 g/mol. The van der Waals surface area contributed by atoms with E-state index in [-0.39, 0.29) is 5.69 Å². The van der Waals surface area contributed by atoms with Crippen LogP contribution in [-0.2, 0) is 13.5 Å². The first-order valence-corrected chi connectivity index (χ1v) is 4.73. The minimum absolute atomic E-state index is 0.212. The summed E-state index contributed by atoms with van der Waals surface area (Å²) >= 11 is 0. The zero-order valence-electron chi connectivity index (χ0n) is 8.79. The molecule has 2 N–H and O–H groups in total. The highest BCUT2D eigenvalue weighted by Crippen LogP contribution is 2.08. The van der Waals surface area contributed by atoms with Gasteiger partial charge in [-0.15, -0.1) is 0 Å². The molecule has 0 aliphatic heterocycles. The van der Waals surface area contributed by atoms with Gasteiger partial charge >= 0.3 is 0 Å². The molecule has 0 aliphatic carbocycles. The number of hydrogen-bond acceptors (Lipinski definition) is 4. The Bertz CT molecular complexity index is 519. The van der Waals surface area contributed by atoms with Gasteiger partial charge in [-0.25, -0.2) is 9.97 Å². The van der Waals surface area contributed by atoms with E-state index in [1.54, 1.807) is 12.5 Å². The van der Waals surface area contributed by atoms with E-state index in [0.29, 0.717) is 12.1 Å². The maximum absolute atomic E-state index is 11.1. The maximum Gasteiger partial charge on any atom is 0.269 e.